The Morgan fingerprint density at radius 3 is 2.60 bits per heavy atom. The number of esters is 1. The van der Waals surface area contributed by atoms with Crippen LogP contribution in [0.4, 0.5) is 13.2 Å². The van der Waals surface area contributed by atoms with Crippen molar-refractivity contribution in [3.8, 4) is 0 Å². The van der Waals surface area contributed by atoms with E-state index in [1.807, 2.05) is 0 Å². The summed E-state index contributed by atoms with van der Waals surface area (Å²) in [6.45, 7) is 1.94. The number of benzene rings is 1. The molecule has 0 radical (unpaired) electrons. The van der Waals surface area contributed by atoms with Gasteiger partial charge in [0.1, 0.15) is 0 Å². The van der Waals surface area contributed by atoms with Crippen molar-refractivity contribution < 1.29 is 22.7 Å². The van der Waals surface area contributed by atoms with E-state index in [2.05, 4.69) is 10.1 Å². The Bertz CT molecular complexity index is 495. The Kier molecular flexibility index (Phi) is 5.76. The summed E-state index contributed by atoms with van der Waals surface area (Å²) in [6.07, 6.45) is -2.79. The van der Waals surface area contributed by atoms with E-state index in [4.69, 9.17) is 0 Å². The fourth-order valence-electron chi connectivity index (χ4n) is 1.63. The van der Waals surface area contributed by atoms with Gasteiger partial charge in [0, 0.05) is 18.7 Å². The Morgan fingerprint density at radius 2 is 2.00 bits per heavy atom. The molecular weight excluding hydrogens is 271 g/mol. The van der Waals surface area contributed by atoms with E-state index in [0.29, 0.717) is 5.57 Å². The third-order valence-electron chi connectivity index (χ3n) is 2.70. The van der Waals surface area contributed by atoms with Crippen molar-refractivity contribution in [2.45, 2.75) is 19.6 Å². The number of methoxy groups -OCH3 is 1. The van der Waals surface area contributed by atoms with Crippen LogP contribution < -0.4 is 5.32 Å². The number of hydrogen-bond donors (Lipinski definition) is 1. The molecule has 0 bridgehead atoms. The lowest BCUT2D eigenvalue weighted by Crippen LogP contribution is -2.18. The maximum Gasteiger partial charge on any atom is 0.416 e. The zero-order valence-electron chi connectivity index (χ0n) is 11.3. The first kappa shape index (κ1) is 16.2. The van der Waals surface area contributed by atoms with Gasteiger partial charge in [0.25, 0.3) is 0 Å². The van der Waals surface area contributed by atoms with Gasteiger partial charge in [0.15, 0.2) is 0 Å². The number of carbonyl (C=O) groups excluding carboxylic acids is 1. The molecule has 0 aliphatic carbocycles. The molecule has 0 aromatic heterocycles. The number of ether oxygens (including phenoxy) is 1. The molecule has 0 aliphatic rings. The second-order valence-corrected chi connectivity index (χ2v) is 4.16. The zero-order valence-corrected chi connectivity index (χ0v) is 11.3. The molecule has 0 heterocycles. The molecule has 0 atom stereocenters. The number of hydrogen-bond acceptors (Lipinski definition) is 3. The highest BCUT2D eigenvalue weighted by Crippen LogP contribution is 2.31. The van der Waals surface area contributed by atoms with Crippen LogP contribution in [0.25, 0.3) is 0 Å². The maximum absolute atomic E-state index is 12.7. The van der Waals surface area contributed by atoms with Crippen molar-refractivity contribution >= 4 is 5.97 Å². The van der Waals surface area contributed by atoms with Gasteiger partial charge in [0.2, 0.25) is 0 Å². The molecule has 0 amide bonds. The van der Waals surface area contributed by atoms with E-state index in [1.165, 1.54) is 19.2 Å². The Labute approximate surface area is 115 Å². The molecule has 1 rings (SSSR count). The molecule has 6 heteroatoms. The largest absolute Gasteiger partial charge is 0.466 e. The van der Waals surface area contributed by atoms with Gasteiger partial charge in [-0.25, -0.2) is 4.79 Å². The molecule has 1 aromatic rings. The van der Waals surface area contributed by atoms with Gasteiger partial charge in [-0.1, -0.05) is 24.3 Å². The van der Waals surface area contributed by atoms with E-state index >= 15 is 0 Å². The van der Waals surface area contributed by atoms with Crippen molar-refractivity contribution in [1.82, 2.24) is 5.32 Å². The predicted octanol–water partition coefficient (Wildman–Crippen LogP) is 2.91. The zero-order chi connectivity index (χ0) is 15.2. The van der Waals surface area contributed by atoms with Crippen LogP contribution in [-0.2, 0) is 22.3 Å². The number of carbonyl (C=O) groups is 1. The van der Waals surface area contributed by atoms with Crippen molar-refractivity contribution in [2.24, 2.45) is 0 Å². The summed E-state index contributed by atoms with van der Waals surface area (Å²) in [5, 5.41) is 2.84. The topological polar surface area (TPSA) is 38.3 Å². The fourth-order valence-corrected chi connectivity index (χ4v) is 1.63. The average molecular weight is 287 g/mol. The molecule has 110 valence electrons. The van der Waals surface area contributed by atoms with Crippen molar-refractivity contribution in [3.63, 3.8) is 0 Å². The van der Waals surface area contributed by atoms with Crippen LogP contribution in [0.3, 0.4) is 0 Å². The standard InChI is InChI=1S/C14H16F3NO2/c1-10(13(19)20-2)7-8-18-9-11-5-3-4-6-12(11)14(15,16)17/h3-7,18H,8-9H2,1-2H3/b10-7+. The highest BCUT2D eigenvalue weighted by atomic mass is 19.4. The fraction of sp³-hybridized carbons (Fsp3) is 0.357. The van der Waals surface area contributed by atoms with Crippen LogP contribution in [0.5, 0.6) is 0 Å². The summed E-state index contributed by atoms with van der Waals surface area (Å²) < 4.78 is 42.7. The third-order valence-corrected chi connectivity index (χ3v) is 2.70. The van der Waals surface area contributed by atoms with E-state index in [-0.39, 0.29) is 18.7 Å². The minimum Gasteiger partial charge on any atom is -0.466 e. The lowest BCUT2D eigenvalue weighted by Gasteiger charge is -2.12. The van der Waals surface area contributed by atoms with Crippen LogP contribution in [0, 0.1) is 0 Å². The van der Waals surface area contributed by atoms with Gasteiger partial charge in [-0.15, -0.1) is 0 Å². The van der Waals surface area contributed by atoms with Gasteiger partial charge >= 0.3 is 12.1 Å². The average Bonchev–Trinajstić information content (AvgIpc) is 2.41. The summed E-state index contributed by atoms with van der Waals surface area (Å²) in [7, 11) is 1.27. The molecule has 0 fully saturated rings. The van der Waals surface area contributed by atoms with Gasteiger partial charge in [-0.05, 0) is 18.6 Å². The number of nitrogens with one attached hydrogen (secondary N) is 1. The Morgan fingerprint density at radius 1 is 1.35 bits per heavy atom. The van der Waals surface area contributed by atoms with Crippen molar-refractivity contribution in [2.75, 3.05) is 13.7 Å². The molecule has 3 nitrogen and oxygen atoms in total. The molecular formula is C14H16F3NO2. The molecule has 0 saturated heterocycles. The minimum absolute atomic E-state index is 0.0701. The summed E-state index contributed by atoms with van der Waals surface area (Å²) in [6, 6.07) is 5.38. The highest BCUT2D eigenvalue weighted by molar-refractivity contribution is 5.87. The quantitative estimate of drug-likeness (QED) is 0.514. The van der Waals surface area contributed by atoms with Crippen molar-refractivity contribution in [1.29, 1.82) is 0 Å². The number of halogens is 3. The predicted molar refractivity (Wildman–Crippen MR) is 68.9 cm³/mol. The Balaban J connectivity index is 2.62. The molecule has 0 unspecified atom stereocenters. The first-order valence-electron chi connectivity index (χ1n) is 5.97. The van der Waals surface area contributed by atoms with Crippen LogP contribution >= 0.6 is 0 Å². The maximum atomic E-state index is 12.7. The highest BCUT2D eigenvalue weighted by Gasteiger charge is 2.32. The van der Waals surface area contributed by atoms with Gasteiger partial charge in [0.05, 0.1) is 12.7 Å². The molecule has 1 N–H and O–H groups in total. The van der Waals surface area contributed by atoms with Crippen LogP contribution in [0.2, 0.25) is 0 Å². The molecule has 0 spiro atoms. The number of alkyl halides is 3. The molecule has 0 saturated carbocycles. The molecule has 20 heavy (non-hydrogen) atoms. The van der Waals surface area contributed by atoms with E-state index < -0.39 is 17.7 Å². The third kappa shape index (κ3) is 4.70. The lowest BCUT2D eigenvalue weighted by molar-refractivity contribution is -0.138. The Hall–Kier alpha value is -1.82. The smallest absolute Gasteiger partial charge is 0.416 e. The van der Waals surface area contributed by atoms with Gasteiger partial charge < -0.3 is 10.1 Å². The lowest BCUT2D eigenvalue weighted by atomic mass is 10.1. The van der Waals surface area contributed by atoms with Crippen LogP contribution in [-0.4, -0.2) is 19.6 Å². The first-order chi connectivity index (χ1) is 9.36. The van der Waals surface area contributed by atoms with Gasteiger partial charge in [-0.2, -0.15) is 13.2 Å². The SMILES string of the molecule is COC(=O)/C(C)=C/CNCc1ccccc1C(F)(F)F. The van der Waals surface area contributed by atoms with E-state index in [9.17, 15) is 18.0 Å². The summed E-state index contributed by atoms with van der Waals surface area (Å²) in [4.78, 5) is 11.1. The summed E-state index contributed by atoms with van der Waals surface area (Å²) in [5.74, 6) is -0.456. The van der Waals surface area contributed by atoms with E-state index in [0.717, 1.165) is 6.07 Å². The summed E-state index contributed by atoms with van der Waals surface area (Å²) in [5.41, 5.74) is -0.0746. The molecule has 1 aromatic carbocycles. The second-order valence-electron chi connectivity index (χ2n) is 4.16. The van der Waals surface area contributed by atoms with Crippen LogP contribution in [0.1, 0.15) is 18.1 Å². The second kappa shape index (κ2) is 7.09. The minimum atomic E-state index is -4.37. The van der Waals surface area contributed by atoms with Crippen LogP contribution in [0.15, 0.2) is 35.9 Å². The monoisotopic (exact) mass is 287 g/mol. The normalized spacial score (nSPS) is 12.3. The van der Waals surface area contributed by atoms with Gasteiger partial charge in [-0.3, -0.25) is 0 Å². The van der Waals surface area contributed by atoms with Crippen molar-refractivity contribution in [3.05, 3.63) is 47.0 Å². The van der Waals surface area contributed by atoms with E-state index in [1.54, 1.807) is 19.1 Å². The molecule has 0 aliphatic heterocycles. The number of rotatable bonds is 5. The first-order valence-corrected chi connectivity index (χ1v) is 5.97. The summed E-state index contributed by atoms with van der Waals surface area (Å²) >= 11 is 0.